The van der Waals surface area contributed by atoms with Gasteiger partial charge in [0.2, 0.25) is 5.91 Å². The van der Waals surface area contributed by atoms with Crippen molar-refractivity contribution in [2.75, 3.05) is 18.4 Å². The Morgan fingerprint density at radius 3 is 3.05 bits per heavy atom. The van der Waals surface area contributed by atoms with Gasteiger partial charge in [0.05, 0.1) is 0 Å². The largest absolute Gasteiger partial charge is 0.365 e. The maximum absolute atomic E-state index is 11.5. The molecule has 1 aliphatic heterocycles. The third kappa shape index (κ3) is 2.59. The number of fused-ring (bicyclic) bond motifs is 1. The second kappa shape index (κ2) is 5.49. The van der Waals surface area contributed by atoms with Gasteiger partial charge in [-0.15, -0.1) is 0 Å². The van der Waals surface area contributed by atoms with Crippen LogP contribution in [-0.2, 0) is 4.79 Å². The molecule has 1 aliphatic rings. The summed E-state index contributed by atoms with van der Waals surface area (Å²) in [7, 11) is 0. The molecule has 4 heteroatoms. The van der Waals surface area contributed by atoms with Gasteiger partial charge < -0.3 is 10.2 Å². The van der Waals surface area contributed by atoms with Crippen molar-refractivity contribution in [1.82, 2.24) is 9.88 Å². The molecule has 0 bridgehead atoms. The molecule has 2 aromatic rings. The zero-order chi connectivity index (χ0) is 13.9. The predicted octanol–water partition coefficient (Wildman–Crippen LogP) is 2.66. The number of anilines is 1. The number of piperidine rings is 1. The molecular weight excluding hydrogens is 250 g/mol. The van der Waals surface area contributed by atoms with E-state index in [1.807, 2.05) is 29.3 Å². The molecule has 104 valence electrons. The van der Waals surface area contributed by atoms with Crippen molar-refractivity contribution in [3.8, 4) is 0 Å². The first kappa shape index (κ1) is 12.9. The Hall–Kier alpha value is -2.10. The lowest BCUT2D eigenvalue weighted by atomic mass is 10.1. The normalized spacial score (nSPS) is 19.1. The SMILES string of the molecule is CC(=O)N1CCC[C@H](Nc2nccc3ccccc23)C1. The van der Waals surface area contributed by atoms with E-state index in [0.29, 0.717) is 0 Å². The first-order valence-corrected chi connectivity index (χ1v) is 7.10. The summed E-state index contributed by atoms with van der Waals surface area (Å²) < 4.78 is 0. The molecule has 0 unspecified atom stereocenters. The van der Waals surface area contributed by atoms with E-state index >= 15 is 0 Å². The highest BCUT2D eigenvalue weighted by atomic mass is 16.2. The number of nitrogens with zero attached hydrogens (tertiary/aromatic N) is 2. The molecule has 1 aromatic heterocycles. The van der Waals surface area contributed by atoms with Crippen LogP contribution in [0.1, 0.15) is 19.8 Å². The molecule has 20 heavy (non-hydrogen) atoms. The van der Waals surface area contributed by atoms with E-state index in [1.165, 1.54) is 5.39 Å². The highest BCUT2D eigenvalue weighted by molar-refractivity contribution is 5.91. The zero-order valence-electron chi connectivity index (χ0n) is 11.7. The molecule has 1 saturated heterocycles. The number of nitrogens with one attached hydrogen (secondary N) is 1. The van der Waals surface area contributed by atoms with Gasteiger partial charge in [-0.3, -0.25) is 4.79 Å². The molecule has 3 rings (SSSR count). The number of carbonyl (C=O) groups is 1. The van der Waals surface area contributed by atoms with E-state index in [-0.39, 0.29) is 11.9 Å². The smallest absolute Gasteiger partial charge is 0.219 e. The highest BCUT2D eigenvalue weighted by Crippen LogP contribution is 2.23. The van der Waals surface area contributed by atoms with Crippen LogP contribution in [0.2, 0.25) is 0 Å². The van der Waals surface area contributed by atoms with E-state index in [4.69, 9.17) is 0 Å². The van der Waals surface area contributed by atoms with Crippen molar-refractivity contribution in [3.63, 3.8) is 0 Å². The number of aromatic nitrogens is 1. The molecule has 1 fully saturated rings. The molecule has 4 nitrogen and oxygen atoms in total. The Kier molecular flexibility index (Phi) is 3.54. The van der Waals surface area contributed by atoms with Gasteiger partial charge in [0.25, 0.3) is 0 Å². The van der Waals surface area contributed by atoms with Crippen LogP contribution in [0.15, 0.2) is 36.5 Å². The van der Waals surface area contributed by atoms with E-state index < -0.39 is 0 Å². The number of hydrogen-bond acceptors (Lipinski definition) is 3. The first-order chi connectivity index (χ1) is 9.74. The van der Waals surface area contributed by atoms with Crippen molar-refractivity contribution >= 4 is 22.5 Å². The average molecular weight is 269 g/mol. The van der Waals surface area contributed by atoms with Gasteiger partial charge in [0.1, 0.15) is 5.82 Å². The minimum Gasteiger partial charge on any atom is -0.365 e. The average Bonchev–Trinajstić information content (AvgIpc) is 2.48. The Bertz CT molecular complexity index is 621. The van der Waals surface area contributed by atoms with Gasteiger partial charge in [-0.1, -0.05) is 24.3 Å². The van der Waals surface area contributed by atoms with Crippen molar-refractivity contribution in [2.24, 2.45) is 0 Å². The summed E-state index contributed by atoms with van der Waals surface area (Å²) in [5.74, 6) is 1.07. The predicted molar refractivity (Wildman–Crippen MR) is 80.6 cm³/mol. The number of likely N-dealkylation sites (tertiary alicyclic amines) is 1. The maximum atomic E-state index is 11.5. The topological polar surface area (TPSA) is 45.2 Å². The minimum absolute atomic E-state index is 0.155. The molecule has 0 saturated carbocycles. The van der Waals surface area contributed by atoms with E-state index in [2.05, 4.69) is 22.4 Å². The van der Waals surface area contributed by atoms with Gasteiger partial charge in [-0.2, -0.15) is 0 Å². The van der Waals surface area contributed by atoms with E-state index in [0.717, 1.165) is 37.1 Å². The molecular formula is C16H19N3O. The van der Waals surface area contributed by atoms with E-state index in [1.54, 1.807) is 6.92 Å². The Morgan fingerprint density at radius 1 is 1.35 bits per heavy atom. The summed E-state index contributed by atoms with van der Waals surface area (Å²) in [5, 5.41) is 5.82. The number of amides is 1. The Morgan fingerprint density at radius 2 is 2.20 bits per heavy atom. The summed E-state index contributed by atoms with van der Waals surface area (Å²) in [5.41, 5.74) is 0. The van der Waals surface area contributed by atoms with E-state index in [9.17, 15) is 4.79 Å². The third-order valence-corrected chi connectivity index (χ3v) is 3.88. The summed E-state index contributed by atoms with van der Waals surface area (Å²) >= 11 is 0. The minimum atomic E-state index is 0.155. The molecule has 0 aliphatic carbocycles. The number of carbonyl (C=O) groups excluding carboxylic acids is 1. The first-order valence-electron chi connectivity index (χ1n) is 7.10. The van der Waals surface area contributed by atoms with Crippen molar-refractivity contribution in [3.05, 3.63) is 36.5 Å². The standard InChI is InChI=1S/C16H19N3O/c1-12(20)19-10-4-6-14(11-19)18-16-15-7-3-2-5-13(15)8-9-17-16/h2-3,5,7-9,14H,4,6,10-11H2,1H3,(H,17,18)/t14-/m0/s1. The fourth-order valence-corrected chi connectivity index (χ4v) is 2.81. The fourth-order valence-electron chi connectivity index (χ4n) is 2.81. The molecule has 0 radical (unpaired) electrons. The Labute approximate surface area is 118 Å². The van der Waals surface area contributed by atoms with Crippen molar-refractivity contribution in [1.29, 1.82) is 0 Å². The van der Waals surface area contributed by atoms with Gasteiger partial charge >= 0.3 is 0 Å². The fraction of sp³-hybridized carbons (Fsp3) is 0.375. The van der Waals surface area contributed by atoms with Crippen LogP contribution in [0.4, 0.5) is 5.82 Å². The lowest BCUT2D eigenvalue weighted by molar-refractivity contribution is -0.129. The van der Waals surface area contributed by atoms with Crippen LogP contribution in [0, 0.1) is 0 Å². The zero-order valence-corrected chi connectivity index (χ0v) is 11.7. The van der Waals surface area contributed by atoms with Crippen LogP contribution in [0.3, 0.4) is 0 Å². The van der Waals surface area contributed by atoms with Crippen LogP contribution < -0.4 is 5.32 Å². The number of benzene rings is 1. The second-order valence-corrected chi connectivity index (χ2v) is 5.33. The third-order valence-electron chi connectivity index (χ3n) is 3.88. The summed E-state index contributed by atoms with van der Waals surface area (Å²) in [6.45, 7) is 3.27. The lowest BCUT2D eigenvalue weighted by Gasteiger charge is -2.33. The Balaban J connectivity index is 1.81. The number of rotatable bonds is 2. The van der Waals surface area contributed by atoms with Crippen molar-refractivity contribution in [2.45, 2.75) is 25.8 Å². The van der Waals surface area contributed by atoms with Crippen LogP contribution in [0.5, 0.6) is 0 Å². The maximum Gasteiger partial charge on any atom is 0.219 e. The summed E-state index contributed by atoms with van der Waals surface area (Å²) in [6.07, 6.45) is 3.95. The second-order valence-electron chi connectivity index (χ2n) is 5.33. The van der Waals surface area contributed by atoms with Gasteiger partial charge in [-0.05, 0) is 24.3 Å². The molecule has 1 atom stereocenters. The van der Waals surface area contributed by atoms with Gasteiger partial charge in [-0.25, -0.2) is 4.98 Å². The molecule has 1 amide bonds. The monoisotopic (exact) mass is 269 g/mol. The summed E-state index contributed by atoms with van der Waals surface area (Å²) in [6, 6.07) is 10.5. The summed E-state index contributed by atoms with van der Waals surface area (Å²) in [4.78, 5) is 17.9. The van der Waals surface area contributed by atoms with Crippen LogP contribution in [0.25, 0.3) is 10.8 Å². The quantitative estimate of drug-likeness (QED) is 0.911. The number of hydrogen-bond donors (Lipinski definition) is 1. The van der Waals surface area contributed by atoms with Crippen LogP contribution in [-0.4, -0.2) is 34.9 Å². The molecule has 0 spiro atoms. The van der Waals surface area contributed by atoms with Crippen LogP contribution >= 0.6 is 0 Å². The van der Waals surface area contributed by atoms with Crippen molar-refractivity contribution < 1.29 is 4.79 Å². The molecule has 1 aromatic carbocycles. The molecule has 2 heterocycles. The lowest BCUT2D eigenvalue weighted by Crippen LogP contribution is -2.44. The van der Waals surface area contributed by atoms with Gasteiger partial charge in [0, 0.05) is 37.6 Å². The highest BCUT2D eigenvalue weighted by Gasteiger charge is 2.21. The molecule has 1 N–H and O–H groups in total. The van der Waals surface area contributed by atoms with Gasteiger partial charge in [0.15, 0.2) is 0 Å². The number of pyridine rings is 1.